The average Bonchev–Trinajstić information content (AvgIpc) is 1.89. The molecular formula is C5H10ClO4P. The molecule has 1 fully saturated rings. The molecule has 0 amide bonds. The minimum Gasteiger partial charge on any atom is -0.302 e. The predicted molar refractivity (Wildman–Crippen MR) is 40.3 cm³/mol. The molecule has 1 aliphatic rings. The molecule has 0 aromatic rings. The van der Waals surface area contributed by atoms with E-state index in [0.29, 0.717) is 12.8 Å². The molecule has 0 radical (unpaired) electrons. The summed E-state index contributed by atoms with van der Waals surface area (Å²) in [4.78, 5) is 8.92. The standard InChI is InChI=1S/C5H10ClO4P/c1-4-2-3-5(6)10-11(7,8)9-4/h4-5H,2-3H2,1H3,(H,7,8). The molecule has 0 bridgehead atoms. The molecule has 1 aliphatic heterocycles. The number of hydrogen-bond donors (Lipinski definition) is 1. The van der Waals surface area contributed by atoms with Crippen molar-refractivity contribution in [3.05, 3.63) is 0 Å². The average molecular weight is 201 g/mol. The normalized spacial score (nSPS) is 46.8. The maximum absolute atomic E-state index is 10.9. The molecule has 3 unspecified atom stereocenters. The molecule has 3 atom stereocenters. The summed E-state index contributed by atoms with van der Waals surface area (Å²) >= 11 is 5.54. The topological polar surface area (TPSA) is 55.8 Å². The van der Waals surface area contributed by atoms with E-state index in [2.05, 4.69) is 9.05 Å². The molecule has 1 saturated heterocycles. The van der Waals surface area contributed by atoms with Gasteiger partial charge in [0.2, 0.25) is 0 Å². The molecule has 1 rings (SSSR count). The lowest BCUT2D eigenvalue weighted by Crippen LogP contribution is -2.02. The fourth-order valence-electron chi connectivity index (χ4n) is 0.868. The van der Waals surface area contributed by atoms with Crippen LogP contribution in [0.3, 0.4) is 0 Å². The van der Waals surface area contributed by atoms with Crippen LogP contribution in [0.5, 0.6) is 0 Å². The van der Waals surface area contributed by atoms with Gasteiger partial charge in [-0.2, -0.15) is 0 Å². The van der Waals surface area contributed by atoms with Gasteiger partial charge in [0, 0.05) is 0 Å². The van der Waals surface area contributed by atoms with Gasteiger partial charge in [-0.25, -0.2) is 4.57 Å². The van der Waals surface area contributed by atoms with Crippen LogP contribution in [0.25, 0.3) is 0 Å². The van der Waals surface area contributed by atoms with Crippen molar-refractivity contribution < 1.29 is 18.5 Å². The summed E-state index contributed by atoms with van der Waals surface area (Å²) in [6.45, 7) is 1.71. The lowest BCUT2D eigenvalue weighted by molar-refractivity contribution is 0.132. The van der Waals surface area contributed by atoms with Gasteiger partial charge in [-0.15, -0.1) is 0 Å². The van der Waals surface area contributed by atoms with Crippen LogP contribution in [0, 0.1) is 0 Å². The van der Waals surface area contributed by atoms with Crippen molar-refractivity contribution in [2.24, 2.45) is 0 Å². The Kier molecular flexibility index (Phi) is 2.95. The highest BCUT2D eigenvalue weighted by molar-refractivity contribution is 7.47. The highest BCUT2D eigenvalue weighted by Gasteiger charge is 2.31. The van der Waals surface area contributed by atoms with Gasteiger partial charge in [-0.3, -0.25) is 9.05 Å². The Labute approximate surface area is 70.1 Å². The third-order valence-corrected chi connectivity index (χ3v) is 2.94. The fourth-order valence-corrected chi connectivity index (χ4v) is 2.30. The maximum Gasteiger partial charge on any atom is 0.473 e. The van der Waals surface area contributed by atoms with Crippen molar-refractivity contribution >= 4 is 19.4 Å². The molecule has 6 heteroatoms. The van der Waals surface area contributed by atoms with Crippen molar-refractivity contribution in [2.45, 2.75) is 31.4 Å². The summed E-state index contributed by atoms with van der Waals surface area (Å²) in [6, 6.07) is 0. The zero-order valence-corrected chi connectivity index (χ0v) is 7.72. The quantitative estimate of drug-likeness (QED) is 0.479. The van der Waals surface area contributed by atoms with Crippen molar-refractivity contribution in [1.29, 1.82) is 0 Å². The summed E-state index contributed by atoms with van der Waals surface area (Å²) in [5.74, 6) is 0. The van der Waals surface area contributed by atoms with Gasteiger partial charge in [-0.05, 0) is 19.8 Å². The number of phosphoric ester groups is 1. The van der Waals surface area contributed by atoms with Gasteiger partial charge in [0.05, 0.1) is 6.10 Å². The maximum atomic E-state index is 10.9. The third-order valence-electron chi connectivity index (χ3n) is 1.36. The lowest BCUT2D eigenvalue weighted by Gasteiger charge is -2.11. The van der Waals surface area contributed by atoms with Gasteiger partial charge in [0.25, 0.3) is 0 Å². The molecule has 0 aromatic heterocycles. The zero-order valence-electron chi connectivity index (χ0n) is 6.07. The highest BCUT2D eigenvalue weighted by Crippen LogP contribution is 2.49. The second-order valence-corrected chi connectivity index (χ2v) is 4.32. The lowest BCUT2D eigenvalue weighted by atomic mass is 10.2. The van der Waals surface area contributed by atoms with Crippen LogP contribution in [0.15, 0.2) is 0 Å². The minimum absolute atomic E-state index is 0.269. The van der Waals surface area contributed by atoms with Crippen LogP contribution in [0.4, 0.5) is 0 Å². The van der Waals surface area contributed by atoms with Gasteiger partial charge < -0.3 is 4.89 Å². The number of phosphoric acid groups is 1. The van der Waals surface area contributed by atoms with E-state index in [-0.39, 0.29) is 6.10 Å². The first-order valence-corrected chi connectivity index (χ1v) is 5.26. The highest BCUT2D eigenvalue weighted by atomic mass is 35.5. The summed E-state index contributed by atoms with van der Waals surface area (Å²) < 4.78 is 20.1. The molecule has 0 saturated carbocycles. The molecule has 4 nitrogen and oxygen atoms in total. The minimum atomic E-state index is -3.87. The summed E-state index contributed by atoms with van der Waals surface area (Å²) in [6.07, 6.45) is 0.904. The number of halogens is 1. The zero-order chi connectivity index (χ0) is 8.48. The molecule has 11 heavy (non-hydrogen) atoms. The second kappa shape index (κ2) is 3.42. The van der Waals surface area contributed by atoms with Gasteiger partial charge >= 0.3 is 7.82 Å². The monoisotopic (exact) mass is 200 g/mol. The predicted octanol–water partition coefficient (Wildman–Crippen LogP) is 1.87. The Hall–Kier alpha value is 0.400. The van der Waals surface area contributed by atoms with E-state index in [1.165, 1.54) is 0 Å². The van der Waals surface area contributed by atoms with E-state index in [4.69, 9.17) is 16.5 Å². The first kappa shape index (κ1) is 9.49. The number of alkyl halides is 1. The first-order valence-electron chi connectivity index (χ1n) is 3.33. The first-order chi connectivity index (χ1) is 4.99. The van der Waals surface area contributed by atoms with Crippen molar-refractivity contribution in [1.82, 2.24) is 0 Å². The van der Waals surface area contributed by atoms with Crippen LogP contribution in [-0.4, -0.2) is 16.6 Å². The van der Waals surface area contributed by atoms with Crippen LogP contribution in [-0.2, 0) is 13.6 Å². The Balaban J connectivity index is 2.63. The number of rotatable bonds is 0. The molecule has 0 spiro atoms. The van der Waals surface area contributed by atoms with Gasteiger partial charge in [-0.1, -0.05) is 11.6 Å². The largest absolute Gasteiger partial charge is 0.473 e. The molecule has 0 aliphatic carbocycles. The van der Waals surface area contributed by atoms with E-state index in [0.717, 1.165) is 0 Å². The molecule has 0 aromatic carbocycles. The molecule has 66 valence electrons. The van der Waals surface area contributed by atoms with E-state index >= 15 is 0 Å². The Morgan fingerprint density at radius 1 is 1.55 bits per heavy atom. The van der Waals surface area contributed by atoms with E-state index in [1.54, 1.807) is 6.92 Å². The molecule has 1 heterocycles. The Bertz CT molecular complexity index is 169. The Morgan fingerprint density at radius 3 is 2.82 bits per heavy atom. The smallest absolute Gasteiger partial charge is 0.302 e. The van der Waals surface area contributed by atoms with E-state index in [1.807, 2.05) is 0 Å². The van der Waals surface area contributed by atoms with Crippen LogP contribution < -0.4 is 0 Å². The summed E-state index contributed by atoms with van der Waals surface area (Å²) in [5.41, 5.74) is -0.712. The summed E-state index contributed by atoms with van der Waals surface area (Å²) in [7, 11) is -3.87. The molecular weight excluding hydrogens is 190 g/mol. The third kappa shape index (κ3) is 3.09. The summed E-state index contributed by atoms with van der Waals surface area (Å²) in [5, 5.41) is 0. The van der Waals surface area contributed by atoms with Crippen molar-refractivity contribution in [2.75, 3.05) is 0 Å². The van der Waals surface area contributed by atoms with Gasteiger partial charge in [0.15, 0.2) is 0 Å². The van der Waals surface area contributed by atoms with Crippen LogP contribution >= 0.6 is 19.4 Å². The number of hydrogen-bond acceptors (Lipinski definition) is 3. The van der Waals surface area contributed by atoms with Gasteiger partial charge in [0.1, 0.15) is 5.56 Å². The second-order valence-electron chi connectivity index (χ2n) is 2.48. The van der Waals surface area contributed by atoms with E-state index < -0.39 is 13.4 Å². The van der Waals surface area contributed by atoms with Crippen molar-refractivity contribution in [3.8, 4) is 0 Å². The molecule has 1 N–H and O–H groups in total. The van der Waals surface area contributed by atoms with E-state index in [9.17, 15) is 4.57 Å². The van der Waals surface area contributed by atoms with Crippen molar-refractivity contribution in [3.63, 3.8) is 0 Å². The Morgan fingerprint density at radius 2 is 2.18 bits per heavy atom. The van der Waals surface area contributed by atoms with Crippen LogP contribution in [0.2, 0.25) is 0 Å². The van der Waals surface area contributed by atoms with Crippen LogP contribution in [0.1, 0.15) is 19.8 Å². The fraction of sp³-hybridized carbons (Fsp3) is 1.00. The SMILES string of the molecule is CC1CCC(Cl)OP(=O)(O)O1.